The highest BCUT2D eigenvalue weighted by molar-refractivity contribution is 5.49. The number of nitrogen functional groups attached to an aromatic ring is 1. The van der Waals surface area contributed by atoms with Gasteiger partial charge in [-0.1, -0.05) is 0 Å². The van der Waals surface area contributed by atoms with E-state index in [-0.39, 0.29) is 5.69 Å². The molecule has 0 bridgehead atoms. The van der Waals surface area contributed by atoms with Crippen LogP contribution in [0, 0.1) is 0 Å². The van der Waals surface area contributed by atoms with Crippen LogP contribution in [0.15, 0.2) is 18.2 Å². The van der Waals surface area contributed by atoms with Gasteiger partial charge in [-0.25, -0.2) is 8.78 Å². The molecule has 1 aromatic carbocycles. The number of benzene rings is 1. The second kappa shape index (κ2) is 5.02. The van der Waals surface area contributed by atoms with Gasteiger partial charge in [0, 0.05) is 12.6 Å². The molecule has 0 aliphatic heterocycles. The fraction of sp³-hybridized carbons (Fsp3) is 0.455. The minimum absolute atomic E-state index is 0.101. The first-order valence-electron chi connectivity index (χ1n) is 5.20. The van der Waals surface area contributed by atoms with Crippen LogP contribution in [0.25, 0.3) is 0 Å². The molecule has 0 atom stereocenters. The zero-order valence-electron chi connectivity index (χ0n) is 10.1. The lowest BCUT2D eigenvalue weighted by Crippen LogP contribution is -2.42. The molecule has 114 valence electrons. The molecule has 1 aromatic rings. The summed E-state index contributed by atoms with van der Waals surface area (Å²) in [5, 5.41) is 0. The average Bonchev–Trinajstić information content (AvgIpc) is 2.24. The van der Waals surface area contributed by atoms with Crippen molar-refractivity contribution < 1.29 is 35.5 Å². The van der Waals surface area contributed by atoms with Crippen LogP contribution in [0.4, 0.5) is 36.4 Å². The number of hydrogen-bond donors (Lipinski definition) is 1. The summed E-state index contributed by atoms with van der Waals surface area (Å²) < 4.78 is 91.7. The second-order valence-corrected chi connectivity index (χ2v) is 4.13. The van der Waals surface area contributed by atoms with Gasteiger partial charge in [0.05, 0.1) is 5.56 Å². The third-order valence-corrected chi connectivity index (χ3v) is 2.30. The number of ether oxygens (including phenoxy) is 1. The minimum Gasteiger partial charge on any atom is -0.486 e. The Hall–Kier alpha value is -1.67. The summed E-state index contributed by atoms with van der Waals surface area (Å²) in [6.07, 6.45) is -5.82. The molecule has 0 aromatic heterocycles. The van der Waals surface area contributed by atoms with Crippen molar-refractivity contribution in [3.05, 3.63) is 23.8 Å². The summed E-state index contributed by atoms with van der Waals surface area (Å²) >= 11 is 0. The van der Waals surface area contributed by atoms with E-state index in [2.05, 4.69) is 4.74 Å². The Balaban J connectivity index is 3.00. The van der Waals surface area contributed by atoms with E-state index in [4.69, 9.17) is 5.73 Å². The minimum atomic E-state index is -5.82. The summed E-state index contributed by atoms with van der Waals surface area (Å²) in [5.74, 6) is -9.43. The monoisotopic (exact) mass is 305 g/mol. The van der Waals surface area contributed by atoms with E-state index in [9.17, 15) is 30.7 Å². The zero-order chi connectivity index (χ0) is 15.8. The summed E-state index contributed by atoms with van der Waals surface area (Å²) in [5.41, 5.74) is 4.29. The molecule has 0 saturated carbocycles. The fourth-order valence-corrected chi connectivity index (χ4v) is 1.27. The molecule has 0 fully saturated rings. The van der Waals surface area contributed by atoms with E-state index in [0.29, 0.717) is 6.92 Å². The van der Waals surface area contributed by atoms with E-state index in [1.165, 1.54) is 0 Å². The SMILES string of the molecule is CC(F)(F)c1cc(N)ccc1OCC(F)(F)C(F)(F)F. The number of alkyl halides is 7. The van der Waals surface area contributed by atoms with Gasteiger partial charge < -0.3 is 10.5 Å². The molecule has 0 spiro atoms. The van der Waals surface area contributed by atoms with Gasteiger partial charge in [0.2, 0.25) is 0 Å². The van der Waals surface area contributed by atoms with Crippen molar-refractivity contribution >= 4 is 5.69 Å². The first kappa shape index (κ1) is 16.4. The molecule has 0 amide bonds. The molecular weight excluding hydrogens is 295 g/mol. The molecule has 1 rings (SSSR count). The van der Waals surface area contributed by atoms with Crippen LogP contribution in [-0.4, -0.2) is 18.7 Å². The smallest absolute Gasteiger partial charge is 0.456 e. The number of nitrogens with two attached hydrogens (primary N) is 1. The van der Waals surface area contributed by atoms with Crippen LogP contribution in [0.2, 0.25) is 0 Å². The lowest BCUT2D eigenvalue weighted by molar-refractivity contribution is -0.290. The third-order valence-electron chi connectivity index (χ3n) is 2.30. The number of halogens is 7. The van der Waals surface area contributed by atoms with E-state index >= 15 is 0 Å². The predicted octanol–water partition coefficient (Wildman–Crippen LogP) is 3.96. The maximum Gasteiger partial charge on any atom is 0.456 e. The van der Waals surface area contributed by atoms with E-state index < -0.39 is 35.9 Å². The molecule has 0 heterocycles. The zero-order valence-corrected chi connectivity index (χ0v) is 10.1. The van der Waals surface area contributed by atoms with Crippen LogP contribution >= 0.6 is 0 Å². The fourth-order valence-electron chi connectivity index (χ4n) is 1.27. The van der Waals surface area contributed by atoms with E-state index in [1.807, 2.05) is 0 Å². The van der Waals surface area contributed by atoms with Gasteiger partial charge in [-0.15, -0.1) is 0 Å². The Morgan fingerprint density at radius 1 is 1.05 bits per heavy atom. The van der Waals surface area contributed by atoms with Gasteiger partial charge in [-0.05, 0) is 18.2 Å². The summed E-state index contributed by atoms with van der Waals surface area (Å²) in [7, 11) is 0. The topological polar surface area (TPSA) is 35.2 Å². The molecule has 0 unspecified atom stereocenters. The standard InChI is InChI=1S/C11H10F7NO/c1-9(12,13)7-4-6(19)2-3-8(7)20-5-10(14,15)11(16,17)18/h2-4H,5,19H2,1H3. The van der Waals surface area contributed by atoms with Gasteiger partial charge >= 0.3 is 12.1 Å². The molecule has 2 nitrogen and oxygen atoms in total. The third kappa shape index (κ3) is 3.67. The second-order valence-electron chi connectivity index (χ2n) is 4.13. The van der Waals surface area contributed by atoms with Crippen molar-refractivity contribution in [1.29, 1.82) is 0 Å². The van der Waals surface area contributed by atoms with E-state index in [1.54, 1.807) is 0 Å². The molecule has 20 heavy (non-hydrogen) atoms. The van der Waals surface area contributed by atoms with Crippen LogP contribution in [0.3, 0.4) is 0 Å². The van der Waals surface area contributed by atoms with Crippen molar-refractivity contribution in [2.24, 2.45) is 0 Å². The van der Waals surface area contributed by atoms with Gasteiger partial charge in [0.25, 0.3) is 5.92 Å². The van der Waals surface area contributed by atoms with Gasteiger partial charge in [-0.3, -0.25) is 0 Å². The van der Waals surface area contributed by atoms with Crippen LogP contribution in [0.1, 0.15) is 12.5 Å². The summed E-state index contributed by atoms with van der Waals surface area (Å²) in [6, 6.07) is 2.62. The van der Waals surface area contributed by atoms with Crippen LogP contribution in [-0.2, 0) is 5.92 Å². The van der Waals surface area contributed by atoms with Crippen molar-refractivity contribution in [3.63, 3.8) is 0 Å². The lowest BCUT2D eigenvalue weighted by Gasteiger charge is -2.22. The van der Waals surface area contributed by atoms with Gasteiger partial charge in [0.15, 0.2) is 6.61 Å². The molecule has 2 N–H and O–H groups in total. The summed E-state index contributed by atoms with van der Waals surface area (Å²) in [4.78, 5) is 0. The maximum absolute atomic E-state index is 13.2. The quantitative estimate of drug-likeness (QED) is 0.675. The largest absolute Gasteiger partial charge is 0.486 e. The highest BCUT2D eigenvalue weighted by Crippen LogP contribution is 2.39. The Morgan fingerprint density at radius 3 is 2.05 bits per heavy atom. The molecule has 0 radical (unpaired) electrons. The lowest BCUT2D eigenvalue weighted by atomic mass is 10.1. The van der Waals surface area contributed by atoms with Gasteiger partial charge in [-0.2, -0.15) is 22.0 Å². The van der Waals surface area contributed by atoms with Crippen LogP contribution < -0.4 is 10.5 Å². The molecule has 9 heteroatoms. The summed E-state index contributed by atoms with van der Waals surface area (Å²) in [6.45, 7) is -1.65. The normalized spacial score (nSPS) is 13.4. The van der Waals surface area contributed by atoms with Crippen molar-refractivity contribution in [1.82, 2.24) is 0 Å². The Kier molecular flexibility index (Phi) is 4.12. The van der Waals surface area contributed by atoms with E-state index in [0.717, 1.165) is 18.2 Å². The number of rotatable bonds is 4. The molecule has 0 aliphatic carbocycles. The molecular formula is C11H10F7NO. The first-order valence-corrected chi connectivity index (χ1v) is 5.20. The van der Waals surface area contributed by atoms with Crippen molar-refractivity contribution in [3.8, 4) is 5.75 Å². The number of anilines is 1. The predicted molar refractivity (Wildman–Crippen MR) is 56.9 cm³/mol. The highest BCUT2D eigenvalue weighted by Gasteiger charge is 2.58. The Bertz CT molecular complexity index is 479. The van der Waals surface area contributed by atoms with Crippen molar-refractivity contribution in [2.45, 2.75) is 24.9 Å². The maximum atomic E-state index is 13.2. The molecule has 0 aliphatic rings. The highest BCUT2D eigenvalue weighted by atomic mass is 19.4. The van der Waals surface area contributed by atoms with Crippen molar-refractivity contribution in [2.75, 3.05) is 12.3 Å². The Labute approximate surface area is 109 Å². The van der Waals surface area contributed by atoms with Gasteiger partial charge in [0.1, 0.15) is 5.75 Å². The average molecular weight is 305 g/mol. The first-order chi connectivity index (χ1) is 8.84. The van der Waals surface area contributed by atoms with Crippen LogP contribution in [0.5, 0.6) is 5.75 Å². The Morgan fingerprint density at radius 2 is 1.60 bits per heavy atom. The number of hydrogen-bond acceptors (Lipinski definition) is 2. The molecule has 0 saturated heterocycles.